The third kappa shape index (κ3) is 5.83. The van der Waals surface area contributed by atoms with Gasteiger partial charge in [-0.2, -0.15) is 10.2 Å². The zero-order valence-electron chi connectivity index (χ0n) is 19.9. The van der Waals surface area contributed by atoms with E-state index < -0.39 is 11.7 Å². The third-order valence-corrected chi connectivity index (χ3v) is 6.40. The number of carbonyl (C=O) groups is 1. The fourth-order valence-corrected chi connectivity index (χ4v) is 4.59. The summed E-state index contributed by atoms with van der Waals surface area (Å²) in [7, 11) is 0. The van der Waals surface area contributed by atoms with Crippen LogP contribution in [0.15, 0.2) is 18.3 Å². The van der Waals surface area contributed by atoms with Gasteiger partial charge in [0.25, 0.3) is 0 Å². The molecule has 10 nitrogen and oxygen atoms in total. The van der Waals surface area contributed by atoms with E-state index in [-0.39, 0.29) is 34.8 Å². The van der Waals surface area contributed by atoms with Crippen LogP contribution in [-0.2, 0) is 9.53 Å². The minimum atomic E-state index is -0.685. The molecule has 0 radical (unpaired) electrons. The van der Waals surface area contributed by atoms with Gasteiger partial charge in [-0.15, -0.1) is 0 Å². The van der Waals surface area contributed by atoms with Crippen LogP contribution in [0.5, 0.6) is 0 Å². The van der Waals surface area contributed by atoms with Crippen molar-refractivity contribution in [3.05, 3.63) is 34.7 Å². The van der Waals surface area contributed by atoms with Gasteiger partial charge in [-0.1, -0.05) is 24.9 Å². The fraction of sp³-hybridized carbons (Fsp3) is 0.458. The Bertz CT molecular complexity index is 1260. The van der Waals surface area contributed by atoms with Crippen molar-refractivity contribution in [1.82, 2.24) is 19.5 Å². The number of hydrogen-bond donors (Lipinski definition) is 3. The Morgan fingerprint density at radius 1 is 1.36 bits per heavy atom. The number of nitriles is 1. The first-order valence-electron chi connectivity index (χ1n) is 11.9. The van der Waals surface area contributed by atoms with Crippen LogP contribution in [0.1, 0.15) is 57.1 Å². The molecule has 0 unspecified atom stereocenters. The fourth-order valence-electron chi connectivity index (χ4n) is 4.33. The molecule has 12 heteroatoms. The number of carbonyl (C=O) groups excluding carboxylic acids is 1. The molecule has 2 aromatic heterocycles. The molecule has 1 aliphatic heterocycles. The molecular formula is C24H28ClFN8O2. The van der Waals surface area contributed by atoms with Crippen molar-refractivity contribution >= 4 is 46.3 Å². The summed E-state index contributed by atoms with van der Waals surface area (Å²) in [5.41, 5.74) is 6.58. The molecular weight excluding hydrogens is 487 g/mol. The number of primary amides is 1. The lowest BCUT2D eigenvalue weighted by atomic mass is 10.1. The molecule has 1 atom stereocenters. The minimum Gasteiger partial charge on any atom is -0.381 e. The number of halogens is 2. The van der Waals surface area contributed by atoms with Crippen molar-refractivity contribution in [1.29, 1.82) is 5.26 Å². The molecule has 0 saturated carbocycles. The molecule has 0 aliphatic carbocycles. The first-order valence-corrected chi connectivity index (χ1v) is 12.3. The highest BCUT2D eigenvalue weighted by atomic mass is 35.5. The highest BCUT2D eigenvalue weighted by molar-refractivity contribution is 6.33. The molecule has 1 amide bonds. The van der Waals surface area contributed by atoms with Crippen LogP contribution in [0.4, 0.5) is 22.0 Å². The van der Waals surface area contributed by atoms with E-state index in [0.717, 1.165) is 25.3 Å². The SMILES string of the molecule is CCC[C@@H](CCC(N)=O)n1c(Nc2c(F)cc(C#N)cc2Cl)nc2cnc(NC3CCOCC3)nc21. The van der Waals surface area contributed by atoms with E-state index in [4.69, 9.17) is 32.3 Å². The number of aromatic nitrogens is 4. The molecule has 3 heterocycles. The smallest absolute Gasteiger partial charge is 0.224 e. The largest absolute Gasteiger partial charge is 0.381 e. The highest BCUT2D eigenvalue weighted by Gasteiger charge is 2.24. The molecule has 1 aliphatic rings. The summed E-state index contributed by atoms with van der Waals surface area (Å²) in [6.07, 6.45) is 5.48. The van der Waals surface area contributed by atoms with Crippen LogP contribution in [0, 0.1) is 17.1 Å². The number of rotatable bonds is 10. The van der Waals surface area contributed by atoms with E-state index in [9.17, 15) is 9.18 Å². The Morgan fingerprint density at radius 3 is 2.81 bits per heavy atom. The quantitative estimate of drug-likeness (QED) is 0.360. The molecule has 1 aromatic carbocycles. The summed E-state index contributed by atoms with van der Waals surface area (Å²) < 4.78 is 22.1. The maximum absolute atomic E-state index is 14.9. The molecule has 3 aromatic rings. The lowest BCUT2D eigenvalue weighted by Gasteiger charge is -2.23. The van der Waals surface area contributed by atoms with Crippen LogP contribution in [-0.4, -0.2) is 44.7 Å². The molecule has 4 N–H and O–H groups in total. The zero-order chi connectivity index (χ0) is 25.7. The van der Waals surface area contributed by atoms with Crippen LogP contribution >= 0.6 is 11.6 Å². The Labute approximate surface area is 213 Å². The van der Waals surface area contributed by atoms with Crippen LogP contribution in [0.25, 0.3) is 11.2 Å². The van der Waals surface area contributed by atoms with Gasteiger partial charge in [0.05, 0.1) is 28.5 Å². The van der Waals surface area contributed by atoms with Crippen molar-refractivity contribution in [3.63, 3.8) is 0 Å². The van der Waals surface area contributed by atoms with E-state index in [1.54, 1.807) is 6.20 Å². The first kappa shape index (κ1) is 25.6. The summed E-state index contributed by atoms with van der Waals surface area (Å²) in [6.45, 7) is 3.39. The number of nitrogens with two attached hydrogens (primary N) is 1. The van der Waals surface area contributed by atoms with Gasteiger partial charge in [-0.05, 0) is 37.8 Å². The second kappa shape index (κ2) is 11.5. The summed E-state index contributed by atoms with van der Waals surface area (Å²) in [4.78, 5) is 25.4. The van der Waals surface area contributed by atoms with E-state index in [0.29, 0.717) is 49.1 Å². The second-order valence-corrected chi connectivity index (χ2v) is 9.15. The van der Waals surface area contributed by atoms with Gasteiger partial charge in [-0.3, -0.25) is 9.36 Å². The number of nitrogens with zero attached hydrogens (tertiary/aromatic N) is 5. The lowest BCUT2D eigenvalue weighted by molar-refractivity contribution is -0.118. The summed E-state index contributed by atoms with van der Waals surface area (Å²) in [5, 5.41) is 15.5. The molecule has 4 rings (SSSR count). The normalized spacial score (nSPS) is 14.9. The predicted octanol–water partition coefficient (Wildman–Crippen LogP) is 4.43. The van der Waals surface area contributed by atoms with Crippen molar-refractivity contribution < 1.29 is 13.9 Å². The summed E-state index contributed by atoms with van der Waals surface area (Å²) in [6, 6.07) is 4.37. The Balaban J connectivity index is 1.78. The zero-order valence-corrected chi connectivity index (χ0v) is 20.7. The molecule has 36 heavy (non-hydrogen) atoms. The van der Waals surface area contributed by atoms with E-state index in [1.165, 1.54) is 6.07 Å². The summed E-state index contributed by atoms with van der Waals surface area (Å²) in [5.74, 6) is -0.340. The number of benzene rings is 1. The average molecular weight is 515 g/mol. The molecule has 1 fully saturated rings. The predicted molar refractivity (Wildman–Crippen MR) is 135 cm³/mol. The van der Waals surface area contributed by atoms with Gasteiger partial charge in [-0.25, -0.2) is 14.4 Å². The van der Waals surface area contributed by atoms with Crippen LogP contribution in [0.2, 0.25) is 5.02 Å². The van der Waals surface area contributed by atoms with Crippen LogP contribution in [0.3, 0.4) is 0 Å². The number of imidazole rings is 1. The van der Waals surface area contributed by atoms with Crippen LogP contribution < -0.4 is 16.4 Å². The molecule has 0 spiro atoms. The average Bonchev–Trinajstić information content (AvgIpc) is 3.21. The van der Waals surface area contributed by atoms with Crippen molar-refractivity contribution in [2.45, 2.75) is 57.5 Å². The van der Waals surface area contributed by atoms with Gasteiger partial charge < -0.3 is 21.1 Å². The molecule has 0 bridgehead atoms. The van der Waals surface area contributed by atoms with Gasteiger partial charge in [0.2, 0.25) is 17.8 Å². The number of amides is 1. The topological polar surface area (TPSA) is 144 Å². The maximum atomic E-state index is 14.9. The Kier molecular flexibility index (Phi) is 8.18. The standard InChI is InChI=1S/C24H28ClFN8O2/c1-2-3-16(4-5-20(28)35)34-22-19(13-29-23(33-22)30-15-6-8-36-9-7-15)31-24(34)32-21-17(25)10-14(12-27)11-18(21)26/h10-11,13,15-16H,2-9H2,1H3,(H2,28,35)(H,31,32)(H,29,30,33)/t16-/m0/s1. The van der Waals surface area contributed by atoms with Gasteiger partial charge in [0.15, 0.2) is 5.65 Å². The van der Waals surface area contributed by atoms with Gasteiger partial charge in [0, 0.05) is 31.7 Å². The maximum Gasteiger partial charge on any atom is 0.224 e. The lowest BCUT2D eigenvalue weighted by Crippen LogP contribution is -2.28. The first-order chi connectivity index (χ1) is 17.4. The minimum absolute atomic E-state index is 0.00844. The van der Waals surface area contributed by atoms with E-state index in [1.807, 2.05) is 17.6 Å². The molecule has 1 saturated heterocycles. The highest BCUT2D eigenvalue weighted by Crippen LogP contribution is 2.34. The Morgan fingerprint density at radius 2 is 2.14 bits per heavy atom. The van der Waals surface area contributed by atoms with Crippen molar-refractivity contribution in [3.8, 4) is 6.07 Å². The number of hydrogen-bond acceptors (Lipinski definition) is 8. The van der Waals surface area contributed by atoms with E-state index in [2.05, 4.69) is 20.6 Å². The van der Waals surface area contributed by atoms with Gasteiger partial charge in [0.1, 0.15) is 11.3 Å². The second-order valence-electron chi connectivity index (χ2n) is 8.74. The molecule has 190 valence electrons. The monoisotopic (exact) mass is 514 g/mol. The number of fused-ring (bicyclic) bond motifs is 1. The van der Waals surface area contributed by atoms with Crippen molar-refractivity contribution in [2.24, 2.45) is 5.73 Å². The third-order valence-electron chi connectivity index (χ3n) is 6.11. The summed E-state index contributed by atoms with van der Waals surface area (Å²) >= 11 is 6.29. The Hall–Kier alpha value is -3.49. The van der Waals surface area contributed by atoms with Gasteiger partial charge >= 0.3 is 0 Å². The van der Waals surface area contributed by atoms with Crippen molar-refractivity contribution in [2.75, 3.05) is 23.8 Å². The number of nitrogens with one attached hydrogen (secondary N) is 2. The number of anilines is 3. The van der Waals surface area contributed by atoms with E-state index >= 15 is 0 Å². The number of ether oxygens (including phenoxy) is 1.